The molecule has 0 aliphatic heterocycles. The minimum absolute atomic E-state index is 0.858. The van der Waals surface area contributed by atoms with Crippen molar-refractivity contribution in [2.24, 2.45) is 0 Å². The van der Waals surface area contributed by atoms with E-state index in [9.17, 15) is 0 Å². The van der Waals surface area contributed by atoms with Crippen LogP contribution in [0.1, 0.15) is 0 Å². The summed E-state index contributed by atoms with van der Waals surface area (Å²) in [5.74, 6) is 0. The Hall–Kier alpha value is -8.44. The molecule has 308 valence electrons. The second kappa shape index (κ2) is 14.5. The van der Waals surface area contributed by atoms with Gasteiger partial charge in [0.15, 0.2) is 0 Å². The highest BCUT2D eigenvalue weighted by molar-refractivity contribution is 7.25. The summed E-state index contributed by atoms with van der Waals surface area (Å²) < 4.78 is 12.0. The van der Waals surface area contributed by atoms with Gasteiger partial charge in [-0.3, -0.25) is 0 Å². The normalized spacial score (nSPS) is 11.9. The van der Waals surface area contributed by atoms with Crippen LogP contribution in [-0.4, -0.2) is 4.57 Å². The minimum atomic E-state index is 0.858. The number of benzene rings is 11. The SMILES string of the molecule is c1cc(-c2ccc3sc4ccccc4c3c2)cc(N(c2cc3ccccc3c3ccccc23)c2ccc(-c3ccc(-n4c5ccccc5c5ccccc54)cc3)c3oc4ccccc4c23)c1. The van der Waals surface area contributed by atoms with Gasteiger partial charge in [0.2, 0.25) is 0 Å². The number of anilines is 3. The van der Waals surface area contributed by atoms with Crippen molar-refractivity contribution >= 4 is 114 Å². The van der Waals surface area contributed by atoms with Crippen molar-refractivity contribution in [1.29, 1.82) is 0 Å². The highest BCUT2D eigenvalue weighted by Crippen LogP contribution is 2.49. The van der Waals surface area contributed by atoms with E-state index in [1.807, 2.05) is 11.3 Å². The molecule has 14 aromatic rings. The molecule has 11 aromatic carbocycles. The summed E-state index contributed by atoms with van der Waals surface area (Å²) in [6.07, 6.45) is 0. The molecule has 0 aliphatic carbocycles. The highest BCUT2D eigenvalue weighted by atomic mass is 32.1. The van der Waals surface area contributed by atoms with E-state index in [1.165, 1.54) is 69.1 Å². The Balaban J connectivity index is 0.991. The first kappa shape index (κ1) is 37.0. The lowest BCUT2D eigenvalue weighted by Crippen LogP contribution is -2.11. The molecule has 0 amide bonds. The Labute approximate surface area is 384 Å². The van der Waals surface area contributed by atoms with Crippen LogP contribution in [0, 0.1) is 0 Å². The largest absolute Gasteiger partial charge is 0.455 e. The van der Waals surface area contributed by atoms with Gasteiger partial charge in [-0.05, 0) is 112 Å². The molecule has 0 aliphatic rings. The van der Waals surface area contributed by atoms with E-state index in [2.05, 4.69) is 240 Å². The predicted molar refractivity (Wildman–Crippen MR) is 282 cm³/mol. The van der Waals surface area contributed by atoms with Crippen LogP contribution in [-0.2, 0) is 0 Å². The van der Waals surface area contributed by atoms with Gasteiger partial charge in [0.25, 0.3) is 0 Å². The Morgan fingerprint density at radius 1 is 0.379 bits per heavy atom. The smallest absolute Gasteiger partial charge is 0.145 e. The number of hydrogen-bond donors (Lipinski definition) is 0. The summed E-state index contributed by atoms with van der Waals surface area (Å²) in [5, 5.41) is 12.1. The Morgan fingerprint density at radius 2 is 1.00 bits per heavy atom. The molecule has 66 heavy (non-hydrogen) atoms. The van der Waals surface area contributed by atoms with Gasteiger partial charge in [0, 0.05) is 58.7 Å². The van der Waals surface area contributed by atoms with E-state index in [1.54, 1.807) is 0 Å². The standard InChI is InChI=1S/C62H38N2OS/c1-2-17-45-42(14-1)38-57(48-19-4-3-18-47(45)48)64(44-16-13-15-40(36-44)41-30-35-60-53(37-41)51-22-8-12-27-59(51)66-60)56-34-33-46(62-61(56)52-23-7-11-26-58(52)65-62)39-28-31-43(32-29-39)63-54-24-9-5-20-49(54)50-21-6-10-25-55(50)63/h1-38H. The number of thiophene rings is 1. The van der Waals surface area contributed by atoms with E-state index >= 15 is 0 Å². The van der Waals surface area contributed by atoms with Crippen LogP contribution < -0.4 is 4.90 Å². The molecule has 14 rings (SSSR count). The number of rotatable bonds is 6. The van der Waals surface area contributed by atoms with E-state index in [0.29, 0.717) is 0 Å². The van der Waals surface area contributed by atoms with Crippen LogP contribution in [0.25, 0.3) is 113 Å². The predicted octanol–water partition coefficient (Wildman–Crippen LogP) is 18.2. The molecule has 0 saturated heterocycles. The second-order valence-corrected chi connectivity index (χ2v) is 18.3. The third-order valence-corrected chi connectivity index (χ3v) is 14.7. The number of para-hydroxylation sites is 3. The Morgan fingerprint density at radius 3 is 1.80 bits per heavy atom. The van der Waals surface area contributed by atoms with Crippen molar-refractivity contribution in [2.45, 2.75) is 0 Å². The maximum atomic E-state index is 7.01. The number of fused-ring (bicyclic) bond motifs is 12. The van der Waals surface area contributed by atoms with E-state index < -0.39 is 0 Å². The fourth-order valence-electron chi connectivity index (χ4n) is 10.6. The summed E-state index contributed by atoms with van der Waals surface area (Å²) in [6.45, 7) is 0. The number of hydrogen-bond acceptors (Lipinski definition) is 3. The summed E-state index contributed by atoms with van der Waals surface area (Å²) in [7, 11) is 0. The minimum Gasteiger partial charge on any atom is -0.455 e. The van der Waals surface area contributed by atoms with Crippen molar-refractivity contribution in [3.05, 3.63) is 231 Å². The average Bonchev–Trinajstić information content (AvgIpc) is 4.07. The lowest BCUT2D eigenvalue weighted by molar-refractivity contribution is 0.670. The molecule has 3 nitrogen and oxygen atoms in total. The van der Waals surface area contributed by atoms with Crippen LogP contribution in [0.15, 0.2) is 235 Å². The summed E-state index contributed by atoms with van der Waals surface area (Å²) in [4.78, 5) is 2.47. The Kier molecular flexibility index (Phi) is 8.15. The van der Waals surface area contributed by atoms with Gasteiger partial charge in [-0.15, -0.1) is 11.3 Å². The summed E-state index contributed by atoms with van der Waals surface area (Å²) in [6, 6.07) is 84.0. The molecule has 0 atom stereocenters. The average molecular weight is 859 g/mol. The first-order valence-corrected chi connectivity index (χ1v) is 23.3. The third-order valence-electron chi connectivity index (χ3n) is 13.6. The van der Waals surface area contributed by atoms with Gasteiger partial charge in [-0.1, -0.05) is 152 Å². The molecule has 4 heteroatoms. The quantitative estimate of drug-likeness (QED) is 0.155. The number of furan rings is 1. The topological polar surface area (TPSA) is 21.3 Å². The monoisotopic (exact) mass is 858 g/mol. The molecule has 0 fully saturated rings. The zero-order chi connectivity index (χ0) is 43.3. The molecular weight excluding hydrogens is 821 g/mol. The summed E-state index contributed by atoms with van der Waals surface area (Å²) in [5.41, 5.74) is 12.9. The molecule has 0 unspecified atom stereocenters. The number of aromatic nitrogens is 1. The van der Waals surface area contributed by atoms with Gasteiger partial charge in [0.05, 0.1) is 27.8 Å². The van der Waals surface area contributed by atoms with Crippen LogP contribution in [0.5, 0.6) is 0 Å². The first-order chi connectivity index (χ1) is 32.7. The maximum absolute atomic E-state index is 7.01. The van der Waals surface area contributed by atoms with Crippen molar-refractivity contribution in [3.8, 4) is 27.9 Å². The van der Waals surface area contributed by atoms with Crippen molar-refractivity contribution in [3.63, 3.8) is 0 Å². The van der Waals surface area contributed by atoms with Gasteiger partial charge in [-0.25, -0.2) is 0 Å². The van der Waals surface area contributed by atoms with Crippen LogP contribution >= 0.6 is 11.3 Å². The molecule has 3 heterocycles. The van der Waals surface area contributed by atoms with Gasteiger partial charge in [0.1, 0.15) is 11.2 Å². The van der Waals surface area contributed by atoms with E-state index in [0.717, 1.165) is 61.4 Å². The van der Waals surface area contributed by atoms with Crippen molar-refractivity contribution < 1.29 is 4.42 Å². The lowest BCUT2D eigenvalue weighted by atomic mass is 9.96. The zero-order valence-corrected chi connectivity index (χ0v) is 36.5. The van der Waals surface area contributed by atoms with Crippen LogP contribution in [0.3, 0.4) is 0 Å². The molecule has 3 aromatic heterocycles. The van der Waals surface area contributed by atoms with E-state index in [-0.39, 0.29) is 0 Å². The molecule has 0 saturated carbocycles. The summed E-state index contributed by atoms with van der Waals surface area (Å²) >= 11 is 1.85. The lowest BCUT2D eigenvalue weighted by Gasteiger charge is -2.29. The number of nitrogens with zero attached hydrogens (tertiary/aromatic N) is 2. The first-order valence-electron chi connectivity index (χ1n) is 22.5. The second-order valence-electron chi connectivity index (χ2n) is 17.2. The fraction of sp³-hybridized carbons (Fsp3) is 0. The zero-order valence-electron chi connectivity index (χ0n) is 35.7. The van der Waals surface area contributed by atoms with Gasteiger partial charge >= 0.3 is 0 Å². The molecule has 0 spiro atoms. The van der Waals surface area contributed by atoms with Crippen LogP contribution in [0.4, 0.5) is 17.1 Å². The maximum Gasteiger partial charge on any atom is 0.145 e. The molecule has 0 bridgehead atoms. The van der Waals surface area contributed by atoms with Gasteiger partial charge in [-0.2, -0.15) is 0 Å². The molecule has 0 radical (unpaired) electrons. The van der Waals surface area contributed by atoms with Crippen LogP contribution in [0.2, 0.25) is 0 Å². The molecule has 0 N–H and O–H groups in total. The van der Waals surface area contributed by atoms with Gasteiger partial charge < -0.3 is 13.9 Å². The molecular formula is C62H38N2OS. The highest BCUT2D eigenvalue weighted by Gasteiger charge is 2.25. The third kappa shape index (κ3) is 5.62. The van der Waals surface area contributed by atoms with Crippen molar-refractivity contribution in [2.75, 3.05) is 4.90 Å². The fourth-order valence-corrected chi connectivity index (χ4v) is 11.7. The van der Waals surface area contributed by atoms with Crippen molar-refractivity contribution in [1.82, 2.24) is 4.57 Å². The Bertz CT molecular complexity index is 4190. The van der Waals surface area contributed by atoms with E-state index in [4.69, 9.17) is 4.42 Å².